The molecule has 3 rings (SSSR count). The van der Waals surface area contributed by atoms with Gasteiger partial charge in [0.15, 0.2) is 4.77 Å². The van der Waals surface area contributed by atoms with E-state index in [9.17, 15) is 9.59 Å². The van der Waals surface area contributed by atoms with E-state index >= 15 is 0 Å². The lowest BCUT2D eigenvalue weighted by Gasteiger charge is -2.10. The normalized spacial score (nSPS) is 10.5. The second kappa shape index (κ2) is 7.37. The maximum Gasteiger partial charge on any atom is 0.262 e. The van der Waals surface area contributed by atoms with Gasteiger partial charge in [0.25, 0.3) is 11.5 Å². The number of hydrogen-bond acceptors (Lipinski definition) is 4. The Balaban J connectivity index is 2.00. The van der Waals surface area contributed by atoms with Gasteiger partial charge in [-0.1, -0.05) is 18.2 Å². The van der Waals surface area contributed by atoms with Crippen LogP contribution in [0.3, 0.4) is 0 Å². The summed E-state index contributed by atoms with van der Waals surface area (Å²) in [6.45, 7) is 3.95. The number of aromatic nitrogens is 2. The molecule has 0 saturated carbocycles. The zero-order valence-electron chi connectivity index (χ0n) is 14.1. The smallest absolute Gasteiger partial charge is 0.262 e. The van der Waals surface area contributed by atoms with Crippen molar-refractivity contribution >= 4 is 34.7 Å². The monoisotopic (exact) mass is 367 g/mol. The minimum Gasteiger partial charge on any atom is -0.495 e. The molecule has 2 N–H and O–H groups in total. The van der Waals surface area contributed by atoms with Gasteiger partial charge in [0.1, 0.15) is 5.75 Å². The standard InChI is InChI=1S/C19H17N3O3S/c1-3-10-22-18(24)13-9-8-12(11-15(13)21-19(22)26)17(23)20-14-6-4-5-7-16(14)25-2/h3-9,11H,1,10H2,2H3,(H,20,23)(H,21,26). The molecule has 6 nitrogen and oxygen atoms in total. The van der Waals surface area contributed by atoms with E-state index in [1.54, 1.807) is 42.5 Å². The quantitative estimate of drug-likeness (QED) is 0.534. The number of para-hydroxylation sites is 2. The van der Waals surface area contributed by atoms with Crippen LogP contribution in [0.25, 0.3) is 10.9 Å². The van der Waals surface area contributed by atoms with Crippen LogP contribution in [-0.2, 0) is 6.54 Å². The van der Waals surface area contributed by atoms with Gasteiger partial charge in [-0.2, -0.15) is 0 Å². The largest absolute Gasteiger partial charge is 0.495 e. The number of H-pyrrole nitrogens is 1. The summed E-state index contributed by atoms with van der Waals surface area (Å²) in [6, 6.07) is 11.9. The number of aromatic amines is 1. The number of methoxy groups -OCH3 is 1. The van der Waals surface area contributed by atoms with Crippen LogP contribution < -0.4 is 15.6 Å². The van der Waals surface area contributed by atoms with Crippen molar-refractivity contribution in [3.63, 3.8) is 0 Å². The molecule has 0 bridgehead atoms. The molecular weight excluding hydrogens is 350 g/mol. The fourth-order valence-electron chi connectivity index (χ4n) is 2.63. The highest BCUT2D eigenvalue weighted by molar-refractivity contribution is 7.71. The highest BCUT2D eigenvalue weighted by Crippen LogP contribution is 2.24. The van der Waals surface area contributed by atoms with Gasteiger partial charge in [0, 0.05) is 12.1 Å². The molecular formula is C19H17N3O3S. The molecule has 1 heterocycles. The Bertz CT molecular complexity index is 1110. The van der Waals surface area contributed by atoms with Gasteiger partial charge in [0.2, 0.25) is 0 Å². The molecule has 0 radical (unpaired) electrons. The Kier molecular flexibility index (Phi) is 4.99. The number of nitrogens with zero attached hydrogens (tertiary/aromatic N) is 1. The Hall–Kier alpha value is -3.19. The van der Waals surface area contributed by atoms with Gasteiger partial charge in [-0.25, -0.2) is 0 Å². The summed E-state index contributed by atoms with van der Waals surface area (Å²) in [5, 5.41) is 3.26. The summed E-state index contributed by atoms with van der Waals surface area (Å²) in [5.74, 6) is 0.249. The van der Waals surface area contributed by atoms with Crippen molar-refractivity contribution in [1.29, 1.82) is 0 Å². The van der Waals surface area contributed by atoms with Crippen molar-refractivity contribution in [1.82, 2.24) is 9.55 Å². The molecule has 132 valence electrons. The fourth-order valence-corrected chi connectivity index (χ4v) is 2.90. The second-order valence-corrected chi connectivity index (χ2v) is 5.94. The summed E-state index contributed by atoms with van der Waals surface area (Å²) in [6.07, 6.45) is 1.60. The van der Waals surface area contributed by atoms with E-state index in [1.807, 2.05) is 6.07 Å². The molecule has 0 spiro atoms. The van der Waals surface area contributed by atoms with Crippen molar-refractivity contribution in [3.05, 3.63) is 75.8 Å². The highest BCUT2D eigenvalue weighted by Gasteiger charge is 2.12. The van der Waals surface area contributed by atoms with E-state index in [1.165, 1.54) is 11.7 Å². The number of hydrogen-bond donors (Lipinski definition) is 2. The molecule has 1 aromatic heterocycles. The number of rotatable bonds is 5. The molecule has 26 heavy (non-hydrogen) atoms. The van der Waals surface area contributed by atoms with E-state index < -0.39 is 0 Å². The average molecular weight is 367 g/mol. The number of anilines is 1. The molecule has 0 fully saturated rings. The van der Waals surface area contributed by atoms with Crippen LogP contribution >= 0.6 is 12.2 Å². The number of ether oxygens (including phenoxy) is 1. The van der Waals surface area contributed by atoms with Crippen LogP contribution in [0.2, 0.25) is 0 Å². The lowest BCUT2D eigenvalue weighted by Crippen LogP contribution is -2.22. The Morgan fingerprint density at radius 1 is 1.35 bits per heavy atom. The van der Waals surface area contributed by atoms with E-state index in [0.717, 1.165) is 0 Å². The van der Waals surface area contributed by atoms with E-state index in [-0.39, 0.29) is 16.2 Å². The van der Waals surface area contributed by atoms with Gasteiger partial charge < -0.3 is 15.0 Å². The first kappa shape index (κ1) is 17.6. The van der Waals surface area contributed by atoms with E-state index in [2.05, 4.69) is 16.9 Å². The SMILES string of the molecule is C=CCn1c(=S)[nH]c2cc(C(=O)Nc3ccccc3OC)ccc2c1=O. The summed E-state index contributed by atoms with van der Waals surface area (Å²) >= 11 is 5.22. The third kappa shape index (κ3) is 3.29. The first-order valence-electron chi connectivity index (χ1n) is 7.87. The molecule has 0 aliphatic carbocycles. The van der Waals surface area contributed by atoms with Crippen molar-refractivity contribution in [2.45, 2.75) is 6.54 Å². The van der Waals surface area contributed by atoms with Gasteiger partial charge in [0.05, 0.1) is 23.7 Å². The van der Waals surface area contributed by atoms with Gasteiger partial charge >= 0.3 is 0 Å². The molecule has 0 aliphatic heterocycles. The van der Waals surface area contributed by atoms with Crippen molar-refractivity contribution in [3.8, 4) is 5.75 Å². The highest BCUT2D eigenvalue weighted by atomic mass is 32.1. The van der Waals surface area contributed by atoms with Gasteiger partial charge in [-0.05, 0) is 42.5 Å². The lowest BCUT2D eigenvalue weighted by molar-refractivity contribution is 0.102. The van der Waals surface area contributed by atoms with Crippen LogP contribution in [0, 0.1) is 4.77 Å². The van der Waals surface area contributed by atoms with Crippen molar-refractivity contribution in [2.24, 2.45) is 0 Å². The molecule has 7 heteroatoms. The number of amides is 1. The number of allylic oxidation sites excluding steroid dienone is 1. The summed E-state index contributed by atoms with van der Waals surface area (Å²) in [7, 11) is 1.54. The number of nitrogens with one attached hydrogen (secondary N) is 2. The number of carbonyl (C=O) groups is 1. The molecule has 0 unspecified atom stereocenters. The van der Waals surface area contributed by atoms with Gasteiger partial charge in [-0.3, -0.25) is 14.2 Å². The molecule has 0 atom stereocenters. The third-order valence-electron chi connectivity index (χ3n) is 3.91. The first-order chi connectivity index (χ1) is 12.5. The molecule has 0 aliphatic rings. The summed E-state index contributed by atoms with van der Waals surface area (Å²) in [5.41, 5.74) is 1.25. The molecule has 3 aromatic rings. The topological polar surface area (TPSA) is 76.1 Å². The van der Waals surface area contributed by atoms with Crippen LogP contribution in [0.4, 0.5) is 5.69 Å². The Morgan fingerprint density at radius 3 is 2.85 bits per heavy atom. The maximum atomic E-state index is 12.6. The minimum absolute atomic E-state index is 0.222. The zero-order valence-corrected chi connectivity index (χ0v) is 14.9. The lowest BCUT2D eigenvalue weighted by atomic mass is 10.1. The zero-order chi connectivity index (χ0) is 18.7. The fraction of sp³-hybridized carbons (Fsp3) is 0.105. The number of benzene rings is 2. The number of fused-ring (bicyclic) bond motifs is 1. The summed E-state index contributed by atoms with van der Waals surface area (Å²) < 4.78 is 6.93. The Labute approximate surface area is 154 Å². The molecule has 0 saturated heterocycles. The van der Waals surface area contributed by atoms with Crippen LogP contribution in [0.1, 0.15) is 10.4 Å². The average Bonchev–Trinajstić information content (AvgIpc) is 2.65. The van der Waals surface area contributed by atoms with E-state index in [4.69, 9.17) is 17.0 Å². The first-order valence-corrected chi connectivity index (χ1v) is 8.28. The molecule has 2 aromatic carbocycles. The Morgan fingerprint density at radius 2 is 2.12 bits per heavy atom. The van der Waals surface area contributed by atoms with E-state index in [0.29, 0.717) is 34.4 Å². The second-order valence-electron chi connectivity index (χ2n) is 5.55. The van der Waals surface area contributed by atoms with Crippen LogP contribution in [0.15, 0.2) is 59.9 Å². The van der Waals surface area contributed by atoms with Gasteiger partial charge in [-0.15, -0.1) is 6.58 Å². The third-order valence-corrected chi connectivity index (χ3v) is 4.23. The van der Waals surface area contributed by atoms with Crippen molar-refractivity contribution in [2.75, 3.05) is 12.4 Å². The van der Waals surface area contributed by atoms with Crippen LogP contribution in [-0.4, -0.2) is 22.6 Å². The maximum absolute atomic E-state index is 12.6. The van der Waals surface area contributed by atoms with Crippen LogP contribution in [0.5, 0.6) is 5.75 Å². The predicted molar refractivity (Wildman–Crippen MR) is 105 cm³/mol. The number of carbonyl (C=O) groups excluding carboxylic acids is 1. The predicted octanol–water partition coefficient (Wildman–Crippen LogP) is 3.51. The minimum atomic E-state index is -0.314. The van der Waals surface area contributed by atoms with Crippen molar-refractivity contribution < 1.29 is 9.53 Å². The summed E-state index contributed by atoms with van der Waals surface area (Å²) in [4.78, 5) is 28.1. The molecule has 1 amide bonds.